The van der Waals surface area contributed by atoms with Crippen LogP contribution in [0.4, 0.5) is 4.79 Å². The third-order valence-electron chi connectivity index (χ3n) is 5.75. The molecule has 6 nitrogen and oxygen atoms in total. The largest absolute Gasteiger partial charge is 0.325 e. The van der Waals surface area contributed by atoms with Gasteiger partial charge in [0.1, 0.15) is 5.54 Å². The van der Waals surface area contributed by atoms with Crippen molar-refractivity contribution in [2.75, 3.05) is 0 Å². The third-order valence-corrected chi connectivity index (χ3v) is 5.75. The van der Waals surface area contributed by atoms with E-state index in [1.807, 2.05) is 31.2 Å². The summed E-state index contributed by atoms with van der Waals surface area (Å²) in [6, 6.07) is 7.37. The van der Waals surface area contributed by atoms with Crippen molar-refractivity contribution in [2.45, 2.75) is 44.7 Å². The van der Waals surface area contributed by atoms with E-state index < -0.39 is 5.54 Å². The SMILES string of the molecule is Cc1nc2ccccc2nc1CN1C(=O)NC(C2CC2)(C2CC2)C1=O. The number of hydrogen-bond donors (Lipinski definition) is 1. The van der Waals surface area contributed by atoms with Crippen molar-refractivity contribution in [3.63, 3.8) is 0 Å². The quantitative estimate of drug-likeness (QED) is 0.871. The number of rotatable bonds is 4. The lowest BCUT2D eigenvalue weighted by atomic mass is 9.87. The average Bonchev–Trinajstić information content (AvgIpc) is 3.49. The van der Waals surface area contributed by atoms with Crippen LogP contribution in [-0.2, 0) is 11.3 Å². The number of benzene rings is 1. The molecule has 3 fully saturated rings. The standard InChI is InChI=1S/C19H20N4O2/c1-11-16(21-15-5-3-2-4-14(15)20-11)10-23-17(24)19(12-6-7-12,13-8-9-13)22-18(23)25/h2-5,12-13H,6-10H2,1H3,(H,22,25). The van der Waals surface area contributed by atoms with Crippen molar-refractivity contribution in [2.24, 2.45) is 11.8 Å². The van der Waals surface area contributed by atoms with Crippen molar-refractivity contribution in [1.29, 1.82) is 0 Å². The molecule has 25 heavy (non-hydrogen) atoms. The van der Waals surface area contributed by atoms with Crippen LogP contribution in [0.1, 0.15) is 37.1 Å². The fourth-order valence-electron chi connectivity index (χ4n) is 4.15. The Morgan fingerprint density at radius 2 is 1.68 bits per heavy atom. The fourth-order valence-corrected chi connectivity index (χ4v) is 4.15. The first-order valence-corrected chi connectivity index (χ1v) is 8.96. The molecule has 1 aromatic heterocycles. The van der Waals surface area contributed by atoms with Gasteiger partial charge in [-0.15, -0.1) is 0 Å². The van der Waals surface area contributed by atoms with Crippen molar-refractivity contribution in [3.8, 4) is 0 Å². The lowest BCUT2D eigenvalue weighted by Crippen LogP contribution is -2.51. The zero-order valence-corrected chi connectivity index (χ0v) is 14.2. The highest BCUT2D eigenvalue weighted by molar-refractivity contribution is 6.07. The Morgan fingerprint density at radius 1 is 1.08 bits per heavy atom. The number of imide groups is 1. The van der Waals surface area contributed by atoms with Gasteiger partial charge in [0.2, 0.25) is 0 Å². The molecule has 2 heterocycles. The van der Waals surface area contributed by atoms with E-state index in [1.54, 1.807) is 0 Å². The summed E-state index contributed by atoms with van der Waals surface area (Å²) in [5.41, 5.74) is 2.41. The molecule has 3 aliphatic rings. The zero-order chi connectivity index (χ0) is 17.2. The van der Waals surface area contributed by atoms with E-state index in [2.05, 4.69) is 15.3 Å². The molecule has 0 radical (unpaired) electrons. The highest BCUT2D eigenvalue weighted by atomic mass is 16.2. The molecular weight excluding hydrogens is 316 g/mol. The van der Waals surface area contributed by atoms with Gasteiger partial charge < -0.3 is 5.32 Å². The van der Waals surface area contributed by atoms with Crippen LogP contribution in [0.25, 0.3) is 11.0 Å². The molecule has 6 heteroatoms. The number of carbonyl (C=O) groups is 2. The second-order valence-electron chi connectivity index (χ2n) is 7.48. The van der Waals surface area contributed by atoms with Crippen LogP contribution < -0.4 is 5.32 Å². The Morgan fingerprint density at radius 3 is 2.28 bits per heavy atom. The van der Waals surface area contributed by atoms with E-state index in [-0.39, 0.29) is 18.5 Å². The molecule has 0 unspecified atom stereocenters. The Hall–Kier alpha value is -2.50. The maximum Gasteiger partial charge on any atom is 0.325 e. The monoisotopic (exact) mass is 336 g/mol. The predicted molar refractivity (Wildman–Crippen MR) is 91.5 cm³/mol. The Kier molecular flexibility index (Phi) is 2.96. The smallest absolute Gasteiger partial charge is 0.323 e. The minimum Gasteiger partial charge on any atom is -0.323 e. The molecule has 1 aromatic carbocycles. The summed E-state index contributed by atoms with van der Waals surface area (Å²) in [6.07, 6.45) is 4.13. The molecule has 2 aliphatic carbocycles. The molecule has 0 bridgehead atoms. The van der Waals surface area contributed by atoms with Crippen LogP contribution in [0, 0.1) is 18.8 Å². The molecular formula is C19H20N4O2. The number of fused-ring (bicyclic) bond motifs is 1. The van der Waals surface area contributed by atoms with Gasteiger partial charge in [-0.3, -0.25) is 9.69 Å². The van der Waals surface area contributed by atoms with Crippen molar-refractivity contribution < 1.29 is 9.59 Å². The van der Waals surface area contributed by atoms with E-state index in [0.717, 1.165) is 42.4 Å². The number of nitrogens with zero attached hydrogens (tertiary/aromatic N) is 3. The summed E-state index contributed by atoms with van der Waals surface area (Å²) >= 11 is 0. The minimum atomic E-state index is -0.644. The maximum atomic E-state index is 13.2. The molecule has 128 valence electrons. The summed E-state index contributed by atoms with van der Waals surface area (Å²) in [5.74, 6) is 0.562. The van der Waals surface area contributed by atoms with E-state index in [4.69, 9.17) is 0 Å². The van der Waals surface area contributed by atoms with E-state index in [1.165, 1.54) is 4.90 Å². The van der Waals surface area contributed by atoms with Gasteiger partial charge in [0.05, 0.1) is 29.0 Å². The molecule has 5 rings (SSSR count). The minimum absolute atomic E-state index is 0.0585. The molecule has 0 spiro atoms. The van der Waals surface area contributed by atoms with Gasteiger partial charge in [-0.25, -0.2) is 14.8 Å². The summed E-state index contributed by atoms with van der Waals surface area (Å²) in [7, 11) is 0. The predicted octanol–water partition coefficient (Wildman–Crippen LogP) is 2.55. The number of carbonyl (C=O) groups excluding carboxylic acids is 2. The average molecular weight is 336 g/mol. The topological polar surface area (TPSA) is 75.2 Å². The van der Waals surface area contributed by atoms with Crippen molar-refractivity contribution in [1.82, 2.24) is 20.2 Å². The summed E-state index contributed by atoms with van der Waals surface area (Å²) in [6.45, 7) is 2.07. The first kappa shape index (κ1) is 14.8. The Bertz CT molecular complexity index is 889. The van der Waals surface area contributed by atoms with Gasteiger partial charge >= 0.3 is 6.03 Å². The Labute approximate surface area is 145 Å². The summed E-state index contributed by atoms with van der Waals surface area (Å²) in [4.78, 5) is 36.3. The van der Waals surface area contributed by atoms with Crippen LogP contribution in [0.15, 0.2) is 24.3 Å². The number of amides is 3. The second-order valence-corrected chi connectivity index (χ2v) is 7.48. The fraction of sp³-hybridized carbons (Fsp3) is 0.474. The highest BCUT2D eigenvalue weighted by Gasteiger charge is 2.65. The van der Waals surface area contributed by atoms with Crippen molar-refractivity contribution in [3.05, 3.63) is 35.7 Å². The van der Waals surface area contributed by atoms with E-state index >= 15 is 0 Å². The molecule has 3 amide bonds. The normalized spacial score (nSPS) is 22.5. The molecule has 0 atom stereocenters. The van der Waals surface area contributed by atoms with Crippen LogP contribution in [-0.4, -0.2) is 32.3 Å². The van der Waals surface area contributed by atoms with Gasteiger partial charge in [-0.1, -0.05) is 12.1 Å². The van der Waals surface area contributed by atoms with Crippen LogP contribution in [0.3, 0.4) is 0 Å². The number of aryl methyl sites for hydroxylation is 1. The second kappa shape index (κ2) is 5.00. The summed E-state index contributed by atoms with van der Waals surface area (Å²) in [5, 5.41) is 3.06. The number of nitrogens with one attached hydrogen (secondary N) is 1. The lowest BCUT2D eigenvalue weighted by Gasteiger charge is -2.26. The molecule has 1 aliphatic heterocycles. The van der Waals surface area contributed by atoms with Crippen LogP contribution in [0.2, 0.25) is 0 Å². The lowest BCUT2D eigenvalue weighted by molar-refractivity contribution is -0.133. The number of para-hydroxylation sites is 2. The Balaban J connectivity index is 1.49. The van der Waals surface area contributed by atoms with Gasteiger partial charge in [-0.2, -0.15) is 0 Å². The van der Waals surface area contributed by atoms with Crippen molar-refractivity contribution >= 4 is 23.0 Å². The first-order valence-electron chi connectivity index (χ1n) is 8.96. The van der Waals surface area contributed by atoms with Gasteiger partial charge in [0.25, 0.3) is 5.91 Å². The van der Waals surface area contributed by atoms with Crippen LogP contribution in [0.5, 0.6) is 0 Å². The molecule has 1 saturated heterocycles. The zero-order valence-electron chi connectivity index (χ0n) is 14.2. The van der Waals surface area contributed by atoms with Gasteiger partial charge in [0.15, 0.2) is 0 Å². The number of urea groups is 1. The summed E-state index contributed by atoms with van der Waals surface area (Å²) < 4.78 is 0. The molecule has 1 N–H and O–H groups in total. The van der Waals surface area contributed by atoms with Crippen LogP contribution >= 0.6 is 0 Å². The van der Waals surface area contributed by atoms with E-state index in [0.29, 0.717) is 17.5 Å². The highest BCUT2D eigenvalue weighted by Crippen LogP contribution is 2.54. The van der Waals surface area contributed by atoms with Gasteiger partial charge in [0, 0.05) is 0 Å². The van der Waals surface area contributed by atoms with Gasteiger partial charge in [-0.05, 0) is 56.6 Å². The number of hydrogen-bond acceptors (Lipinski definition) is 4. The number of aromatic nitrogens is 2. The molecule has 2 aromatic rings. The third kappa shape index (κ3) is 2.16. The van der Waals surface area contributed by atoms with E-state index in [9.17, 15) is 9.59 Å². The maximum absolute atomic E-state index is 13.2. The molecule has 2 saturated carbocycles. The first-order chi connectivity index (χ1) is 12.1.